The predicted molar refractivity (Wildman–Crippen MR) is 80.6 cm³/mol. The van der Waals surface area contributed by atoms with Crippen molar-refractivity contribution in [1.82, 2.24) is 4.90 Å². The molecule has 4 nitrogen and oxygen atoms in total. The number of aliphatic carboxylic acids is 1. The molecule has 4 heteroatoms. The van der Waals surface area contributed by atoms with Crippen LogP contribution in [0.5, 0.6) is 0 Å². The number of aliphatic hydroxyl groups is 1. The fraction of sp³-hybridized carbons (Fsp3) is 0.471. The maximum absolute atomic E-state index is 10.7. The molecular formula is C17H21NO3. The average Bonchev–Trinajstić information content (AvgIpc) is 3.00. The highest BCUT2D eigenvalue weighted by atomic mass is 16.4. The van der Waals surface area contributed by atoms with Gasteiger partial charge in [0.2, 0.25) is 0 Å². The summed E-state index contributed by atoms with van der Waals surface area (Å²) < 4.78 is 0. The van der Waals surface area contributed by atoms with E-state index in [0.29, 0.717) is 11.8 Å². The molecule has 3 rings (SSSR count). The van der Waals surface area contributed by atoms with Crippen LogP contribution in [0.15, 0.2) is 30.3 Å². The third-order valence-corrected chi connectivity index (χ3v) is 4.75. The molecule has 0 bridgehead atoms. The van der Waals surface area contributed by atoms with Crippen LogP contribution in [0.4, 0.5) is 0 Å². The number of hydrogen-bond acceptors (Lipinski definition) is 3. The lowest BCUT2D eigenvalue weighted by atomic mass is 10.00. The van der Waals surface area contributed by atoms with E-state index in [4.69, 9.17) is 5.11 Å². The molecule has 2 N–H and O–H groups in total. The number of rotatable bonds is 4. The molecule has 0 radical (unpaired) electrons. The van der Waals surface area contributed by atoms with Gasteiger partial charge < -0.3 is 10.2 Å². The van der Waals surface area contributed by atoms with Crippen LogP contribution in [-0.4, -0.2) is 40.3 Å². The molecule has 0 aromatic heterocycles. The molecule has 3 atom stereocenters. The lowest BCUT2D eigenvalue weighted by Gasteiger charge is -2.19. The number of carbonyl (C=O) groups is 1. The Morgan fingerprint density at radius 1 is 1.29 bits per heavy atom. The second-order valence-corrected chi connectivity index (χ2v) is 6.13. The summed E-state index contributed by atoms with van der Waals surface area (Å²) in [4.78, 5) is 13.1. The molecule has 0 amide bonds. The van der Waals surface area contributed by atoms with E-state index in [2.05, 4.69) is 4.90 Å². The Bertz CT molecular complexity index is 555. The summed E-state index contributed by atoms with van der Waals surface area (Å²) in [5, 5.41) is 18.7. The van der Waals surface area contributed by atoms with E-state index in [9.17, 15) is 9.90 Å². The summed E-state index contributed by atoms with van der Waals surface area (Å²) in [5.74, 6) is 0.122. The van der Waals surface area contributed by atoms with Crippen LogP contribution in [-0.2, 0) is 11.3 Å². The topological polar surface area (TPSA) is 60.8 Å². The largest absolute Gasteiger partial charge is 0.478 e. The minimum atomic E-state index is -0.927. The predicted octanol–water partition coefficient (Wildman–Crippen LogP) is 1.99. The van der Waals surface area contributed by atoms with Crippen LogP contribution in [0.25, 0.3) is 6.08 Å². The van der Waals surface area contributed by atoms with Crippen molar-refractivity contribution >= 4 is 12.0 Å². The van der Waals surface area contributed by atoms with E-state index >= 15 is 0 Å². The molecule has 1 heterocycles. The van der Waals surface area contributed by atoms with Crippen molar-refractivity contribution in [3.8, 4) is 0 Å². The van der Waals surface area contributed by atoms with E-state index < -0.39 is 5.97 Å². The summed E-state index contributed by atoms with van der Waals surface area (Å²) in [7, 11) is 0. The average molecular weight is 287 g/mol. The number of carboxylic acids is 1. The van der Waals surface area contributed by atoms with Gasteiger partial charge in [-0.3, -0.25) is 4.90 Å². The fourth-order valence-electron chi connectivity index (χ4n) is 3.70. The molecular weight excluding hydrogens is 266 g/mol. The molecule has 1 saturated heterocycles. The van der Waals surface area contributed by atoms with Crippen molar-refractivity contribution < 1.29 is 15.0 Å². The van der Waals surface area contributed by atoms with Crippen LogP contribution in [0.1, 0.15) is 24.0 Å². The maximum Gasteiger partial charge on any atom is 0.328 e. The number of likely N-dealkylation sites (tertiary alicyclic amines) is 1. The van der Waals surface area contributed by atoms with E-state index in [0.717, 1.165) is 43.6 Å². The number of hydrogen-bond donors (Lipinski definition) is 2. The van der Waals surface area contributed by atoms with Gasteiger partial charge in [0, 0.05) is 31.6 Å². The number of aliphatic hydroxyl groups excluding tert-OH is 1. The Balaban J connectivity index is 1.70. The molecule has 3 unspecified atom stereocenters. The first-order valence-corrected chi connectivity index (χ1v) is 7.53. The summed E-state index contributed by atoms with van der Waals surface area (Å²) in [6.45, 7) is 2.81. The van der Waals surface area contributed by atoms with E-state index in [1.54, 1.807) is 6.08 Å². The standard InChI is InChI=1S/C17H21NO3/c19-16-7-5-14-10-18(11-15(14)16)9-13-4-2-1-3-12(13)6-8-17(20)21/h1-4,6,8,14-16,19H,5,7,9-11H2,(H,20,21)/b8-6+. The normalized spacial score (nSPS) is 29.1. The summed E-state index contributed by atoms with van der Waals surface area (Å²) in [5.41, 5.74) is 2.10. The minimum absolute atomic E-state index is 0.137. The van der Waals surface area contributed by atoms with E-state index in [-0.39, 0.29) is 6.10 Å². The van der Waals surface area contributed by atoms with Crippen molar-refractivity contribution in [2.45, 2.75) is 25.5 Å². The Hall–Kier alpha value is -1.65. The minimum Gasteiger partial charge on any atom is -0.478 e. The highest BCUT2D eigenvalue weighted by molar-refractivity contribution is 5.85. The van der Waals surface area contributed by atoms with Gasteiger partial charge >= 0.3 is 5.97 Å². The first-order chi connectivity index (χ1) is 10.1. The smallest absolute Gasteiger partial charge is 0.328 e. The Kier molecular flexibility index (Phi) is 4.08. The molecule has 112 valence electrons. The molecule has 2 aliphatic rings. The summed E-state index contributed by atoms with van der Waals surface area (Å²) in [6, 6.07) is 7.90. The highest BCUT2D eigenvalue weighted by Gasteiger charge is 2.41. The van der Waals surface area contributed by atoms with Gasteiger partial charge in [-0.2, -0.15) is 0 Å². The van der Waals surface area contributed by atoms with E-state index in [1.807, 2.05) is 24.3 Å². The molecule has 1 aromatic rings. The quantitative estimate of drug-likeness (QED) is 0.831. The molecule has 1 saturated carbocycles. The van der Waals surface area contributed by atoms with Gasteiger partial charge in [-0.1, -0.05) is 24.3 Å². The SMILES string of the molecule is O=C(O)/C=C/c1ccccc1CN1CC2CCC(O)C2C1. The second kappa shape index (κ2) is 6.00. The zero-order valence-corrected chi connectivity index (χ0v) is 12.0. The third kappa shape index (κ3) is 3.17. The molecule has 1 aliphatic heterocycles. The van der Waals surface area contributed by atoms with Gasteiger partial charge in [0.15, 0.2) is 0 Å². The Morgan fingerprint density at radius 3 is 2.86 bits per heavy atom. The number of carboxylic acid groups (broad SMARTS) is 1. The monoisotopic (exact) mass is 287 g/mol. The zero-order chi connectivity index (χ0) is 14.8. The van der Waals surface area contributed by atoms with E-state index in [1.165, 1.54) is 6.08 Å². The Morgan fingerprint density at radius 2 is 2.10 bits per heavy atom. The van der Waals surface area contributed by atoms with Gasteiger partial charge in [-0.15, -0.1) is 0 Å². The highest BCUT2D eigenvalue weighted by Crippen LogP contribution is 2.38. The van der Waals surface area contributed by atoms with Gasteiger partial charge in [-0.05, 0) is 36.0 Å². The van der Waals surface area contributed by atoms with Crippen LogP contribution < -0.4 is 0 Å². The maximum atomic E-state index is 10.7. The van der Waals surface area contributed by atoms with Gasteiger partial charge in [0.05, 0.1) is 6.10 Å². The number of benzene rings is 1. The van der Waals surface area contributed by atoms with Crippen molar-refractivity contribution in [3.63, 3.8) is 0 Å². The molecule has 1 aromatic carbocycles. The molecule has 0 spiro atoms. The van der Waals surface area contributed by atoms with Crippen LogP contribution >= 0.6 is 0 Å². The summed E-state index contributed by atoms with van der Waals surface area (Å²) >= 11 is 0. The van der Waals surface area contributed by atoms with Crippen LogP contribution in [0.3, 0.4) is 0 Å². The first kappa shape index (κ1) is 14.3. The van der Waals surface area contributed by atoms with Crippen molar-refractivity contribution in [2.24, 2.45) is 11.8 Å². The first-order valence-electron chi connectivity index (χ1n) is 7.53. The van der Waals surface area contributed by atoms with Gasteiger partial charge in [0.25, 0.3) is 0 Å². The van der Waals surface area contributed by atoms with Crippen molar-refractivity contribution in [2.75, 3.05) is 13.1 Å². The molecule has 2 fully saturated rings. The summed E-state index contributed by atoms with van der Waals surface area (Å²) in [6.07, 6.45) is 4.77. The second-order valence-electron chi connectivity index (χ2n) is 6.13. The number of fused-ring (bicyclic) bond motifs is 1. The lowest BCUT2D eigenvalue weighted by Crippen LogP contribution is -2.24. The van der Waals surface area contributed by atoms with Gasteiger partial charge in [-0.25, -0.2) is 4.79 Å². The van der Waals surface area contributed by atoms with Crippen LogP contribution in [0.2, 0.25) is 0 Å². The molecule has 1 aliphatic carbocycles. The fourth-order valence-corrected chi connectivity index (χ4v) is 3.70. The zero-order valence-electron chi connectivity index (χ0n) is 12.0. The van der Waals surface area contributed by atoms with Crippen molar-refractivity contribution in [3.05, 3.63) is 41.5 Å². The number of nitrogens with zero attached hydrogens (tertiary/aromatic N) is 1. The third-order valence-electron chi connectivity index (χ3n) is 4.75. The van der Waals surface area contributed by atoms with Gasteiger partial charge in [0.1, 0.15) is 0 Å². The van der Waals surface area contributed by atoms with Crippen LogP contribution in [0, 0.1) is 11.8 Å². The molecule has 21 heavy (non-hydrogen) atoms. The Labute approximate surface area is 124 Å². The van der Waals surface area contributed by atoms with Crippen molar-refractivity contribution in [1.29, 1.82) is 0 Å². The lowest BCUT2D eigenvalue weighted by molar-refractivity contribution is -0.131.